The fraction of sp³-hybridized carbons (Fsp3) is 0.143. The number of aryl methyl sites for hydroxylation is 1. The molecule has 3 aromatic rings. The van der Waals surface area contributed by atoms with Crippen molar-refractivity contribution < 1.29 is 13.9 Å². The number of furan rings is 1. The number of ether oxygens (including phenoxy) is 1. The van der Waals surface area contributed by atoms with Crippen molar-refractivity contribution in [3.63, 3.8) is 0 Å². The average Bonchev–Trinajstić information content (AvgIpc) is 3.07. The Morgan fingerprint density at radius 2 is 2.00 bits per heavy atom. The highest BCUT2D eigenvalue weighted by molar-refractivity contribution is 7.81. The minimum Gasteiger partial charge on any atom is -0.464 e. The van der Waals surface area contributed by atoms with Crippen LogP contribution in [0.15, 0.2) is 65.8 Å². The molecule has 3 nitrogen and oxygen atoms in total. The molecule has 1 aromatic heterocycles. The maximum absolute atomic E-state index is 11.9. The molecule has 0 bridgehead atoms. The van der Waals surface area contributed by atoms with Gasteiger partial charge in [0.15, 0.2) is 0 Å². The molecule has 0 saturated carbocycles. The lowest BCUT2D eigenvalue weighted by Crippen LogP contribution is -2.09. The first kappa shape index (κ1) is 17.1. The number of benzene rings is 2. The molecule has 0 radical (unpaired) electrons. The van der Waals surface area contributed by atoms with Gasteiger partial charge in [0.2, 0.25) is 0 Å². The maximum atomic E-state index is 11.9. The summed E-state index contributed by atoms with van der Waals surface area (Å²) in [4.78, 5) is 12.6. The van der Waals surface area contributed by atoms with Crippen LogP contribution in [0.3, 0.4) is 0 Å². The van der Waals surface area contributed by atoms with E-state index in [1.54, 1.807) is 12.3 Å². The lowest BCUT2D eigenvalue weighted by Gasteiger charge is -2.09. The van der Waals surface area contributed by atoms with Gasteiger partial charge in [0.25, 0.3) is 0 Å². The van der Waals surface area contributed by atoms with E-state index in [0.29, 0.717) is 4.86 Å². The van der Waals surface area contributed by atoms with Gasteiger partial charge in [-0.15, -0.1) is 0 Å². The molecule has 3 rings (SSSR count). The van der Waals surface area contributed by atoms with Gasteiger partial charge in [-0.1, -0.05) is 54.7 Å². The lowest BCUT2D eigenvalue weighted by molar-refractivity contribution is -0.141. The first-order valence-electron chi connectivity index (χ1n) is 7.96. The van der Waals surface area contributed by atoms with Gasteiger partial charge in [-0.25, -0.2) is 0 Å². The molecule has 2 aromatic carbocycles. The molecule has 0 atom stereocenters. The van der Waals surface area contributed by atoms with Crippen LogP contribution in [0, 0.1) is 6.92 Å². The normalized spacial score (nSPS) is 10.6. The Balaban J connectivity index is 1.97. The molecule has 126 valence electrons. The molecule has 4 heteroatoms. The third kappa shape index (κ3) is 3.86. The van der Waals surface area contributed by atoms with E-state index in [1.807, 2.05) is 49.4 Å². The Morgan fingerprint density at radius 1 is 1.24 bits per heavy atom. The summed E-state index contributed by atoms with van der Waals surface area (Å²) in [6.07, 6.45) is 3.36. The number of hydrogen-bond donors (Lipinski definition) is 0. The molecule has 0 unspecified atom stereocenters. The molecular formula is C21H18O3S. The van der Waals surface area contributed by atoms with Crippen molar-refractivity contribution in [3.05, 3.63) is 83.6 Å². The van der Waals surface area contributed by atoms with E-state index >= 15 is 0 Å². The minimum absolute atomic E-state index is 0.179. The summed E-state index contributed by atoms with van der Waals surface area (Å²) >= 11 is 5.68. The predicted molar refractivity (Wildman–Crippen MR) is 103 cm³/mol. The zero-order valence-electron chi connectivity index (χ0n) is 14.0. The minimum atomic E-state index is -0.296. The number of rotatable bonds is 6. The molecule has 0 amide bonds. The average molecular weight is 350 g/mol. The molecule has 25 heavy (non-hydrogen) atoms. The van der Waals surface area contributed by atoms with E-state index in [-0.39, 0.29) is 19.0 Å². The summed E-state index contributed by atoms with van der Waals surface area (Å²) < 4.78 is 10.7. The third-order valence-electron chi connectivity index (χ3n) is 3.88. The van der Waals surface area contributed by atoms with E-state index in [1.165, 1.54) is 5.56 Å². The number of carbonyl (C=O) groups excluding carboxylic acids is 1. The zero-order chi connectivity index (χ0) is 17.8. The summed E-state index contributed by atoms with van der Waals surface area (Å²) in [5, 5.41) is 0.915. The smallest absolute Gasteiger partial charge is 0.310 e. The fourth-order valence-corrected chi connectivity index (χ4v) is 2.93. The van der Waals surface area contributed by atoms with Crippen LogP contribution in [-0.2, 0) is 16.0 Å². The van der Waals surface area contributed by atoms with Crippen LogP contribution >= 0.6 is 12.2 Å². The van der Waals surface area contributed by atoms with Gasteiger partial charge in [-0.05, 0) is 36.2 Å². The van der Waals surface area contributed by atoms with Crippen LogP contribution < -0.4 is 0 Å². The van der Waals surface area contributed by atoms with Crippen molar-refractivity contribution in [1.82, 2.24) is 0 Å². The maximum Gasteiger partial charge on any atom is 0.310 e. The van der Waals surface area contributed by atoms with Gasteiger partial charge < -0.3 is 9.15 Å². The van der Waals surface area contributed by atoms with Crippen LogP contribution in [0.5, 0.6) is 0 Å². The second-order valence-corrected chi connectivity index (χ2v) is 6.23. The Morgan fingerprint density at radius 3 is 2.72 bits per heavy atom. The number of carbonyl (C=O) groups is 1. The van der Waals surface area contributed by atoms with Gasteiger partial charge in [0.1, 0.15) is 12.2 Å². The largest absolute Gasteiger partial charge is 0.464 e. The number of thiocarbonyl (C=S) groups is 1. The van der Waals surface area contributed by atoms with Gasteiger partial charge in [-0.3, -0.25) is 4.79 Å². The summed E-state index contributed by atoms with van der Waals surface area (Å²) in [7, 11) is 0. The van der Waals surface area contributed by atoms with Crippen molar-refractivity contribution >= 4 is 34.0 Å². The third-order valence-corrected chi connectivity index (χ3v) is 4.34. The van der Waals surface area contributed by atoms with Crippen LogP contribution in [0.4, 0.5) is 0 Å². The van der Waals surface area contributed by atoms with E-state index < -0.39 is 0 Å². The van der Waals surface area contributed by atoms with Crippen LogP contribution in [-0.4, -0.2) is 17.4 Å². The van der Waals surface area contributed by atoms with Gasteiger partial charge >= 0.3 is 5.97 Å². The van der Waals surface area contributed by atoms with E-state index in [2.05, 4.69) is 6.58 Å². The Hall–Kier alpha value is -2.72. The van der Waals surface area contributed by atoms with E-state index in [0.717, 1.165) is 27.7 Å². The quantitative estimate of drug-likeness (QED) is 0.278. The van der Waals surface area contributed by atoms with Crippen molar-refractivity contribution in [2.24, 2.45) is 0 Å². The second-order valence-electron chi connectivity index (χ2n) is 5.83. The SMILES string of the molecule is C=CCOC(=O)Cc1cc(C(=S)c2ccc(C)cc2)c2occc2c1. The number of fused-ring (bicyclic) bond motifs is 1. The molecule has 0 fully saturated rings. The second kappa shape index (κ2) is 7.45. The molecule has 1 heterocycles. The number of esters is 1. The van der Waals surface area contributed by atoms with Crippen molar-refractivity contribution in [2.75, 3.05) is 6.61 Å². The highest BCUT2D eigenvalue weighted by Crippen LogP contribution is 2.26. The van der Waals surface area contributed by atoms with Crippen molar-refractivity contribution in [3.8, 4) is 0 Å². The molecule has 0 aliphatic rings. The van der Waals surface area contributed by atoms with Crippen LogP contribution in [0.25, 0.3) is 11.0 Å². The molecule has 0 spiro atoms. The molecule has 0 aliphatic heterocycles. The van der Waals surface area contributed by atoms with E-state index in [9.17, 15) is 4.79 Å². The van der Waals surface area contributed by atoms with E-state index in [4.69, 9.17) is 21.4 Å². The topological polar surface area (TPSA) is 39.4 Å². The van der Waals surface area contributed by atoms with Gasteiger partial charge in [0.05, 0.1) is 17.5 Å². The summed E-state index contributed by atoms with van der Waals surface area (Å²) in [5.74, 6) is -0.296. The highest BCUT2D eigenvalue weighted by Gasteiger charge is 2.15. The Kier molecular flexibility index (Phi) is 5.10. The summed E-state index contributed by atoms with van der Waals surface area (Å²) in [6.45, 7) is 5.79. The van der Waals surface area contributed by atoms with Gasteiger partial charge in [0, 0.05) is 10.9 Å². The Bertz CT molecular complexity index is 935. The molecular weight excluding hydrogens is 332 g/mol. The van der Waals surface area contributed by atoms with Crippen LogP contribution in [0.1, 0.15) is 22.3 Å². The monoisotopic (exact) mass is 350 g/mol. The first-order chi connectivity index (χ1) is 12.1. The molecule has 0 saturated heterocycles. The summed E-state index contributed by atoms with van der Waals surface area (Å²) in [5.41, 5.74) is 4.51. The molecule has 0 N–H and O–H groups in total. The summed E-state index contributed by atoms with van der Waals surface area (Å²) in [6, 6.07) is 13.7. The number of hydrogen-bond acceptors (Lipinski definition) is 4. The standard InChI is InChI=1S/C21H18O3S/c1-3-9-23-19(22)13-15-11-17-8-10-24-20(17)18(12-15)21(25)16-6-4-14(2)5-7-16/h3-8,10-12H,1,9,13H2,2H3. The lowest BCUT2D eigenvalue weighted by atomic mass is 9.98. The zero-order valence-corrected chi connectivity index (χ0v) is 14.8. The van der Waals surface area contributed by atoms with Crippen molar-refractivity contribution in [1.29, 1.82) is 0 Å². The van der Waals surface area contributed by atoms with Crippen LogP contribution in [0.2, 0.25) is 0 Å². The highest BCUT2D eigenvalue weighted by atomic mass is 32.1. The predicted octanol–water partition coefficient (Wildman–Crippen LogP) is 4.78. The molecule has 0 aliphatic carbocycles. The first-order valence-corrected chi connectivity index (χ1v) is 8.37. The van der Waals surface area contributed by atoms with Gasteiger partial charge in [-0.2, -0.15) is 0 Å². The fourth-order valence-electron chi connectivity index (χ4n) is 2.64. The van der Waals surface area contributed by atoms with Crippen molar-refractivity contribution in [2.45, 2.75) is 13.3 Å². The Labute approximate surface area is 151 Å².